The summed E-state index contributed by atoms with van der Waals surface area (Å²) in [6, 6.07) is 15.9. The van der Waals surface area contributed by atoms with Gasteiger partial charge >= 0.3 is 12.1 Å². The smallest absolute Gasteiger partial charge is 0.410 e. The van der Waals surface area contributed by atoms with Crippen molar-refractivity contribution in [2.45, 2.75) is 124 Å². The summed E-state index contributed by atoms with van der Waals surface area (Å²) in [5.74, 6) is -1.62. The van der Waals surface area contributed by atoms with Crippen molar-refractivity contribution in [1.29, 1.82) is 0 Å². The van der Waals surface area contributed by atoms with E-state index in [9.17, 15) is 19.2 Å². The predicted molar refractivity (Wildman–Crippen MR) is 236 cm³/mol. The molecular formula is C48H64N6O7. The molecule has 0 aliphatic carbocycles. The van der Waals surface area contributed by atoms with Crippen molar-refractivity contribution >= 4 is 34.8 Å². The quantitative estimate of drug-likeness (QED) is 0.171. The Hall–Kier alpha value is -5.27. The second-order valence-electron chi connectivity index (χ2n) is 18.6. The maximum Gasteiger partial charge on any atom is 0.410 e. The number of hydrogen-bond donors (Lipinski definition) is 2. The van der Waals surface area contributed by atoms with Crippen LogP contribution in [0.15, 0.2) is 60.8 Å². The zero-order valence-corrected chi connectivity index (χ0v) is 37.8. The molecule has 1 saturated heterocycles. The number of carbonyl (C=O) groups is 4. The molecule has 0 spiro atoms. The number of nitrogens with one attached hydrogen (secondary N) is 2. The summed E-state index contributed by atoms with van der Waals surface area (Å²) >= 11 is 0. The number of methoxy groups -OCH3 is 1. The zero-order valence-electron chi connectivity index (χ0n) is 37.8. The topological polar surface area (TPSA) is 144 Å². The number of aryl methyl sites for hydroxylation is 1. The molecule has 61 heavy (non-hydrogen) atoms. The van der Waals surface area contributed by atoms with E-state index >= 15 is 0 Å². The van der Waals surface area contributed by atoms with E-state index in [4.69, 9.17) is 19.2 Å². The number of nitrogens with zero attached hydrogens (tertiary/aromatic N) is 4. The highest BCUT2D eigenvalue weighted by atomic mass is 16.6. The minimum absolute atomic E-state index is 0.146. The fourth-order valence-electron chi connectivity index (χ4n) is 8.62. The average Bonchev–Trinajstić information content (AvgIpc) is 3.52. The highest BCUT2D eigenvalue weighted by Crippen LogP contribution is 2.42. The summed E-state index contributed by atoms with van der Waals surface area (Å²) in [5, 5.41) is 5.54. The lowest BCUT2D eigenvalue weighted by molar-refractivity contribution is -0.155. The normalized spacial score (nSPS) is 19.5. The van der Waals surface area contributed by atoms with Crippen molar-refractivity contribution in [2.24, 2.45) is 11.3 Å². The number of ether oxygens (including phenoxy) is 3. The van der Waals surface area contributed by atoms with Gasteiger partial charge in [0.05, 0.1) is 24.1 Å². The third-order valence-electron chi connectivity index (χ3n) is 11.6. The summed E-state index contributed by atoms with van der Waals surface area (Å²) in [6.07, 6.45) is 2.71. The van der Waals surface area contributed by atoms with E-state index in [1.807, 2.05) is 39.0 Å². The van der Waals surface area contributed by atoms with Crippen LogP contribution >= 0.6 is 0 Å². The van der Waals surface area contributed by atoms with E-state index in [0.717, 1.165) is 50.1 Å². The Labute approximate surface area is 360 Å². The Balaban J connectivity index is 1.47. The number of amides is 3. The van der Waals surface area contributed by atoms with Crippen molar-refractivity contribution < 1.29 is 33.4 Å². The monoisotopic (exact) mass is 836 g/mol. The standard InChI is InChI=1S/C48H64N6O7/c1-12-53-39-21-20-33-26-35(39)36(42(53)34-18-14-22-49-40(34)30(4)59-11)27-48(8,9)28-60-45(57)37-19-15-23-54(51-37)44(56)38(25-31-16-13-17-32(33)24-31)50-43(55)41(29(2)3)52(10)46(58)61-47(5,6)7/h13-14,16-18,20-22,24,26,29-30,37-38,41,51H,12,15,19,23,25,27-28H2,1-11H3,(H,50,55)/t30-,37-,38?,41-/m0/s1. The second kappa shape index (κ2) is 18.4. The fraction of sp³-hybridized carbons (Fsp3) is 0.521. The van der Waals surface area contributed by atoms with Gasteiger partial charge in [0.1, 0.15) is 23.7 Å². The molecule has 1 unspecified atom stereocenters. The zero-order chi connectivity index (χ0) is 44.4. The van der Waals surface area contributed by atoms with Crippen molar-refractivity contribution in [1.82, 2.24) is 30.2 Å². The highest BCUT2D eigenvalue weighted by molar-refractivity contribution is 5.96. The predicted octanol–water partition coefficient (Wildman–Crippen LogP) is 7.64. The third kappa shape index (κ3) is 10.1. The maximum atomic E-state index is 14.6. The van der Waals surface area contributed by atoms with E-state index in [-0.39, 0.29) is 25.0 Å². The number of esters is 1. The van der Waals surface area contributed by atoms with Crippen LogP contribution in [0.25, 0.3) is 33.3 Å². The van der Waals surface area contributed by atoms with Crippen LogP contribution < -0.4 is 10.7 Å². The molecule has 6 rings (SSSR count). The Morgan fingerprint density at radius 1 is 1.07 bits per heavy atom. The molecule has 6 bridgehead atoms. The molecule has 13 heteroatoms. The van der Waals surface area contributed by atoms with Gasteiger partial charge in [-0.3, -0.25) is 29.3 Å². The van der Waals surface area contributed by atoms with E-state index in [1.165, 1.54) is 17.0 Å². The van der Waals surface area contributed by atoms with Crippen LogP contribution in [-0.2, 0) is 48.0 Å². The van der Waals surface area contributed by atoms with Gasteiger partial charge in [0.2, 0.25) is 5.91 Å². The van der Waals surface area contributed by atoms with Gasteiger partial charge in [0.15, 0.2) is 0 Å². The molecule has 2 N–H and O–H groups in total. The highest BCUT2D eigenvalue weighted by Gasteiger charge is 2.38. The maximum absolute atomic E-state index is 14.6. The molecule has 3 amide bonds. The number of hydrazine groups is 1. The first-order valence-electron chi connectivity index (χ1n) is 21.5. The van der Waals surface area contributed by atoms with Gasteiger partial charge in [-0.05, 0) is 106 Å². The van der Waals surface area contributed by atoms with Gasteiger partial charge in [0.25, 0.3) is 5.91 Å². The Morgan fingerprint density at radius 3 is 2.49 bits per heavy atom. The molecule has 1 fully saturated rings. The van der Waals surface area contributed by atoms with Gasteiger partial charge < -0.3 is 24.1 Å². The fourth-order valence-corrected chi connectivity index (χ4v) is 8.62. The molecule has 2 aromatic heterocycles. The molecule has 13 nitrogen and oxygen atoms in total. The first-order chi connectivity index (χ1) is 28.8. The first-order valence-corrected chi connectivity index (χ1v) is 21.5. The summed E-state index contributed by atoms with van der Waals surface area (Å²) in [7, 11) is 3.23. The number of aromatic nitrogens is 2. The Kier molecular flexibility index (Phi) is 13.6. The molecular weight excluding hydrogens is 773 g/mol. The minimum Gasteiger partial charge on any atom is -0.464 e. The molecule has 0 radical (unpaired) electrons. The van der Waals surface area contributed by atoms with Crippen LogP contribution in [0.3, 0.4) is 0 Å². The van der Waals surface area contributed by atoms with Gasteiger partial charge in [0, 0.05) is 61.7 Å². The summed E-state index contributed by atoms with van der Waals surface area (Å²) in [5.41, 5.74) is 9.76. The lowest BCUT2D eigenvalue weighted by Gasteiger charge is -2.37. The minimum atomic E-state index is -1.03. The lowest BCUT2D eigenvalue weighted by Crippen LogP contribution is -2.62. The van der Waals surface area contributed by atoms with E-state index in [1.54, 1.807) is 34.1 Å². The number of pyridine rings is 1. The lowest BCUT2D eigenvalue weighted by atomic mass is 9.84. The van der Waals surface area contributed by atoms with E-state index < -0.39 is 53.0 Å². The van der Waals surface area contributed by atoms with Crippen LogP contribution in [0.2, 0.25) is 0 Å². The number of rotatable bonds is 8. The number of benzene rings is 2. The van der Waals surface area contributed by atoms with E-state index in [2.05, 4.69) is 72.5 Å². The molecule has 0 saturated carbocycles. The van der Waals surface area contributed by atoms with Crippen molar-refractivity contribution in [3.8, 4) is 22.4 Å². The second-order valence-corrected chi connectivity index (χ2v) is 18.6. The Bertz CT molecular complexity index is 2260. The molecule has 2 aromatic carbocycles. The van der Waals surface area contributed by atoms with E-state index in [0.29, 0.717) is 32.4 Å². The largest absolute Gasteiger partial charge is 0.464 e. The van der Waals surface area contributed by atoms with Crippen LogP contribution in [-0.4, -0.2) is 94.4 Å². The average molecular weight is 837 g/mol. The molecule has 4 aromatic rings. The molecule has 2 aliphatic rings. The van der Waals surface area contributed by atoms with Crippen molar-refractivity contribution in [3.05, 3.63) is 77.6 Å². The molecule has 2 aliphatic heterocycles. The first kappa shape index (κ1) is 45.3. The van der Waals surface area contributed by atoms with Gasteiger partial charge in [-0.15, -0.1) is 0 Å². The van der Waals surface area contributed by atoms with Crippen LogP contribution in [0.4, 0.5) is 4.79 Å². The van der Waals surface area contributed by atoms with Crippen LogP contribution in [0.1, 0.15) is 98.1 Å². The number of hydrogen-bond acceptors (Lipinski definition) is 9. The number of carbonyl (C=O) groups excluding carboxylic acids is 4. The van der Waals surface area contributed by atoms with Gasteiger partial charge in [-0.1, -0.05) is 58.0 Å². The SMILES string of the molecule is CCn1c(-c2cccnc2[C@H](C)OC)c2c3cc(ccc31)-c1cccc(c1)CC(NC(=O)[C@H](C(C)C)N(C)C(=O)OC(C)(C)C)C(=O)N1CCC[C@H](N1)C(=O)OCC(C)(C)C2. The molecule has 4 heterocycles. The third-order valence-corrected chi connectivity index (χ3v) is 11.6. The molecule has 4 atom stereocenters. The van der Waals surface area contributed by atoms with Gasteiger partial charge in [-0.25, -0.2) is 10.2 Å². The van der Waals surface area contributed by atoms with Crippen LogP contribution in [0, 0.1) is 11.3 Å². The summed E-state index contributed by atoms with van der Waals surface area (Å²) < 4.78 is 19.9. The van der Waals surface area contributed by atoms with Crippen molar-refractivity contribution in [3.63, 3.8) is 0 Å². The number of cyclic esters (lactones) is 1. The van der Waals surface area contributed by atoms with Crippen molar-refractivity contribution in [2.75, 3.05) is 27.3 Å². The molecule has 328 valence electrons. The summed E-state index contributed by atoms with van der Waals surface area (Å²) in [6.45, 7) is 18.6. The number of fused-ring (bicyclic) bond motifs is 6. The summed E-state index contributed by atoms with van der Waals surface area (Å²) in [4.78, 5) is 61.9. The van der Waals surface area contributed by atoms with Gasteiger partial charge in [-0.2, -0.15) is 0 Å². The van der Waals surface area contributed by atoms with Crippen LogP contribution in [0.5, 0.6) is 0 Å². The number of likely N-dealkylation sites (N-methyl/N-ethyl adjacent to an activating group) is 1. The Morgan fingerprint density at radius 2 is 1.80 bits per heavy atom.